The summed E-state index contributed by atoms with van der Waals surface area (Å²) in [5, 5.41) is 5.14. The SMILES string of the molecule is O=C(NCc1cccs1)C1=CC2CCN(C(=O)c3ccc(CC(=O)c4cccnc4N4CCCC4)cc3)c3ccccc3C2S1. The predicted octanol–water partition coefficient (Wildman–Crippen LogP) is 6.82. The highest BCUT2D eigenvalue weighted by molar-refractivity contribution is 8.04. The third-order valence-corrected chi connectivity index (χ3v) is 11.1. The number of anilines is 2. The number of para-hydroxylation sites is 1. The lowest BCUT2D eigenvalue weighted by atomic mass is 9.96. The van der Waals surface area contributed by atoms with Crippen LogP contribution in [0.1, 0.15) is 61.2 Å². The van der Waals surface area contributed by atoms with E-state index in [1.807, 2.05) is 77.0 Å². The Morgan fingerprint density at radius 2 is 1.73 bits per heavy atom. The summed E-state index contributed by atoms with van der Waals surface area (Å²) in [5.41, 5.74) is 4.07. The minimum absolute atomic E-state index is 0.0298. The molecule has 0 aliphatic carbocycles. The second-order valence-corrected chi connectivity index (χ2v) is 13.9. The molecule has 1 fully saturated rings. The Morgan fingerprint density at radius 3 is 2.53 bits per heavy atom. The molecular weight excluding hydrogens is 601 g/mol. The Morgan fingerprint density at radius 1 is 0.911 bits per heavy atom. The minimum atomic E-state index is -0.0632. The molecule has 4 aromatic rings. The average molecular weight is 635 g/mol. The topological polar surface area (TPSA) is 82.6 Å². The summed E-state index contributed by atoms with van der Waals surface area (Å²) in [4.78, 5) is 50.7. The van der Waals surface area contributed by atoms with Gasteiger partial charge in [0, 0.05) is 53.6 Å². The average Bonchev–Trinajstić information content (AvgIpc) is 3.86. The number of thiophene rings is 1. The highest BCUT2D eigenvalue weighted by Crippen LogP contribution is 2.53. The number of benzene rings is 2. The maximum absolute atomic E-state index is 13.9. The summed E-state index contributed by atoms with van der Waals surface area (Å²) >= 11 is 3.23. The number of nitrogens with zero attached hydrogens (tertiary/aromatic N) is 3. The van der Waals surface area contributed by atoms with Crippen molar-refractivity contribution in [2.75, 3.05) is 29.4 Å². The van der Waals surface area contributed by atoms with Gasteiger partial charge in [0.15, 0.2) is 5.78 Å². The molecule has 3 aliphatic rings. The summed E-state index contributed by atoms with van der Waals surface area (Å²) in [6.45, 7) is 2.94. The molecule has 7 nitrogen and oxygen atoms in total. The van der Waals surface area contributed by atoms with Crippen molar-refractivity contribution in [1.82, 2.24) is 10.3 Å². The molecule has 1 N–H and O–H groups in total. The molecule has 0 radical (unpaired) electrons. The Bertz CT molecular complexity index is 1750. The van der Waals surface area contributed by atoms with Crippen LogP contribution >= 0.6 is 23.1 Å². The van der Waals surface area contributed by atoms with Crippen molar-refractivity contribution in [2.24, 2.45) is 5.92 Å². The quantitative estimate of drug-likeness (QED) is 0.214. The first kappa shape index (κ1) is 29.5. The Balaban J connectivity index is 1.04. The Kier molecular flexibility index (Phi) is 8.54. The van der Waals surface area contributed by atoms with E-state index in [2.05, 4.69) is 27.3 Å². The number of carbonyl (C=O) groups excluding carboxylic acids is 3. The van der Waals surface area contributed by atoms with E-state index in [0.717, 1.165) is 64.8 Å². The third-order valence-electron chi connectivity index (χ3n) is 8.76. The molecule has 2 unspecified atom stereocenters. The van der Waals surface area contributed by atoms with E-state index in [1.54, 1.807) is 29.3 Å². The fraction of sp³-hybridized carbons (Fsp3) is 0.278. The second-order valence-electron chi connectivity index (χ2n) is 11.7. The van der Waals surface area contributed by atoms with Crippen LogP contribution in [0.5, 0.6) is 0 Å². The number of aromatic nitrogens is 1. The van der Waals surface area contributed by atoms with Gasteiger partial charge in [0.2, 0.25) is 0 Å². The normalized spacial score (nSPS) is 19.0. The standard InChI is InChI=1S/C36H34N4O3S2/c41-31(29-9-5-16-37-34(29)39-17-3-4-18-39)21-24-11-13-25(14-12-24)36(43)40-19-15-26-22-32(35(42)38-23-27-7-6-20-44-27)45-33(26)28-8-1-2-10-30(28)40/h1-2,5-14,16,20,22,26,33H,3-4,15,17-19,21,23H2,(H,38,42). The van der Waals surface area contributed by atoms with Crippen LogP contribution in [0.25, 0.3) is 0 Å². The van der Waals surface area contributed by atoms with Crippen LogP contribution in [0.2, 0.25) is 0 Å². The van der Waals surface area contributed by atoms with Gasteiger partial charge in [-0.05, 0) is 78.1 Å². The van der Waals surface area contributed by atoms with Crippen molar-refractivity contribution in [1.29, 1.82) is 0 Å². The first-order valence-electron chi connectivity index (χ1n) is 15.5. The zero-order valence-electron chi connectivity index (χ0n) is 24.9. The lowest BCUT2D eigenvalue weighted by molar-refractivity contribution is -0.116. The number of fused-ring (bicyclic) bond motifs is 3. The lowest BCUT2D eigenvalue weighted by Gasteiger charge is -2.24. The number of hydrogen-bond donors (Lipinski definition) is 1. The minimum Gasteiger partial charge on any atom is -0.356 e. The van der Waals surface area contributed by atoms with Gasteiger partial charge in [-0.1, -0.05) is 42.5 Å². The lowest BCUT2D eigenvalue weighted by Crippen LogP contribution is -2.32. The molecule has 45 heavy (non-hydrogen) atoms. The molecule has 228 valence electrons. The first-order chi connectivity index (χ1) is 22.0. The molecule has 0 bridgehead atoms. The Labute approximate surface area is 271 Å². The van der Waals surface area contributed by atoms with Gasteiger partial charge in [-0.3, -0.25) is 14.4 Å². The van der Waals surface area contributed by atoms with E-state index in [-0.39, 0.29) is 35.2 Å². The number of thioether (sulfide) groups is 1. The number of Topliss-reactive ketones (excluding diaryl/α,β-unsaturated/α-hetero) is 1. The summed E-state index contributed by atoms with van der Waals surface area (Å²) in [6, 6.07) is 23.2. The number of allylic oxidation sites excluding steroid dienone is 1. The van der Waals surface area contributed by atoms with E-state index in [9.17, 15) is 14.4 Å². The van der Waals surface area contributed by atoms with Gasteiger partial charge < -0.3 is 15.1 Å². The maximum Gasteiger partial charge on any atom is 0.258 e. The molecule has 7 rings (SSSR count). The van der Waals surface area contributed by atoms with Crippen LogP contribution in [0, 0.1) is 5.92 Å². The van der Waals surface area contributed by atoms with E-state index in [0.29, 0.717) is 24.2 Å². The molecule has 1 saturated heterocycles. The zero-order valence-corrected chi connectivity index (χ0v) is 26.5. The van der Waals surface area contributed by atoms with Gasteiger partial charge in [0.1, 0.15) is 5.82 Å². The van der Waals surface area contributed by atoms with Crippen LogP contribution in [0.4, 0.5) is 11.5 Å². The van der Waals surface area contributed by atoms with Gasteiger partial charge in [-0.25, -0.2) is 4.98 Å². The van der Waals surface area contributed by atoms with Crippen LogP contribution < -0.4 is 15.1 Å². The van der Waals surface area contributed by atoms with Crippen molar-refractivity contribution in [3.8, 4) is 0 Å². The van der Waals surface area contributed by atoms with Gasteiger partial charge in [0.05, 0.1) is 17.0 Å². The first-order valence-corrected chi connectivity index (χ1v) is 17.2. The molecule has 9 heteroatoms. The maximum atomic E-state index is 13.9. The molecule has 2 amide bonds. The summed E-state index contributed by atoms with van der Waals surface area (Å²) in [5.74, 6) is 0.855. The predicted molar refractivity (Wildman–Crippen MR) is 181 cm³/mol. The van der Waals surface area contributed by atoms with Gasteiger partial charge >= 0.3 is 0 Å². The van der Waals surface area contributed by atoms with Crippen molar-refractivity contribution in [3.63, 3.8) is 0 Å². The molecule has 2 atom stereocenters. The molecule has 3 aliphatic heterocycles. The van der Waals surface area contributed by atoms with Crippen LogP contribution in [-0.2, 0) is 17.8 Å². The summed E-state index contributed by atoms with van der Waals surface area (Å²) < 4.78 is 0. The molecule has 2 aromatic heterocycles. The van der Waals surface area contributed by atoms with Crippen LogP contribution in [0.3, 0.4) is 0 Å². The molecule has 0 saturated carbocycles. The number of pyridine rings is 1. The molecule has 5 heterocycles. The summed E-state index contributed by atoms with van der Waals surface area (Å²) in [7, 11) is 0. The van der Waals surface area contributed by atoms with Gasteiger partial charge in [-0.15, -0.1) is 23.1 Å². The number of nitrogens with one attached hydrogen (secondary N) is 1. The fourth-order valence-corrected chi connectivity index (χ4v) is 8.52. The highest BCUT2D eigenvalue weighted by atomic mass is 32.2. The molecule has 2 aromatic carbocycles. The number of rotatable bonds is 8. The number of hydrogen-bond acceptors (Lipinski definition) is 7. The highest BCUT2D eigenvalue weighted by Gasteiger charge is 2.38. The van der Waals surface area contributed by atoms with E-state index < -0.39 is 0 Å². The third kappa shape index (κ3) is 6.19. The van der Waals surface area contributed by atoms with E-state index in [4.69, 9.17) is 0 Å². The van der Waals surface area contributed by atoms with E-state index >= 15 is 0 Å². The monoisotopic (exact) mass is 634 g/mol. The number of amides is 2. The smallest absolute Gasteiger partial charge is 0.258 e. The van der Waals surface area contributed by atoms with Crippen molar-refractivity contribution >= 4 is 52.2 Å². The fourth-order valence-electron chi connectivity index (χ4n) is 6.45. The second kappa shape index (κ2) is 13.0. The number of ketones is 1. The van der Waals surface area contributed by atoms with Crippen molar-refractivity contribution in [2.45, 2.75) is 37.5 Å². The summed E-state index contributed by atoms with van der Waals surface area (Å²) in [6.07, 6.45) is 7.09. The van der Waals surface area contributed by atoms with Crippen molar-refractivity contribution in [3.05, 3.63) is 122 Å². The molecular formula is C36H34N4O3S2. The van der Waals surface area contributed by atoms with Crippen LogP contribution in [0.15, 0.2) is 95.4 Å². The van der Waals surface area contributed by atoms with Crippen LogP contribution in [-0.4, -0.2) is 42.2 Å². The zero-order chi connectivity index (χ0) is 30.8. The molecule has 0 spiro atoms. The van der Waals surface area contributed by atoms with Crippen molar-refractivity contribution < 1.29 is 14.4 Å². The largest absolute Gasteiger partial charge is 0.356 e. The number of carbonyl (C=O) groups is 3. The van der Waals surface area contributed by atoms with Gasteiger partial charge in [0.25, 0.3) is 11.8 Å². The van der Waals surface area contributed by atoms with E-state index in [1.165, 1.54) is 0 Å². The Hall–Kier alpha value is -4.21. The van der Waals surface area contributed by atoms with Gasteiger partial charge in [-0.2, -0.15) is 0 Å².